The Balaban J connectivity index is 1.75. The maximum Gasteiger partial charge on any atom is 0.408 e. The molecule has 1 saturated heterocycles. The van der Waals surface area contributed by atoms with E-state index in [1.165, 1.54) is 4.90 Å². The van der Waals surface area contributed by atoms with Gasteiger partial charge in [-0.25, -0.2) is 13.2 Å². The molecule has 12 nitrogen and oxygen atoms in total. The minimum absolute atomic E-state index is 0.227. The Bertz CT molecular complexity index is 1180. The molecule has 6 unspecified atom stereocenters. The smallest absolute Gasteiger partial charge is 0.408 e. The van der Waals surface area contributed by atoms with Gasteiger partial charge < -0.3 is 25.0 Å². The zero-order valence-electron chi connectivity index (χ0n) is 25.9. The van der Waals surface area contributed by atoms with Crippen LogP contribution in [0.25, 0.3) is 0 Å². The highest BCUT2D eigenvalue weighted by Crippen LogP contribution is 2.46. The number of carbonyl (C=O) groups excluding carboxylic acids is 4. The van der Waals surface area contributed by atoms with Crippen molar-refractivity contribution < 1.29 is 37.1 Å². The summed E-state index contributed by atoms with van der Waals surface area (Å²) in [6.07, 6.45) is 3.25. The van der Waals surface area contributed by atoms with Crippen molar-refractivity contribution >= 4 is 33.8 Å². The minimum Gasteiger partial charge on any atom is -0.444 e. The predicted molar refractivity (Wildman–Crippen MR) is 157 cm³/mol. The summed E-state index contributed by atoms with van der Waals surface area (Å²) >= 11 is 0. The van der Waals surface area contributed by atoms with Crippen LogP contribution in [0.4, 0.5) is 4.79 Å². The fraction of sp³-hybridized carbons (Fsp3) is 0.793. The van der Waals surface area contributed by atoms with Crippen LogP contribution < -0.4 is 15.4 Å². The lowest BCUT2D eigenvalue weighted by atomic mass is 9.94. The SMILES string of the molecule is C=CCOC(C)CC(C)C(NC(=O)OC(C)(C)C)C(=O)N1CCCC1C(=O)NC1(C(=O)NS(=O)(=O)C2(C)CC2)CC1C. The quantitative estimate of drug-likeness (QED) is 0.267. The molecule has 238 valence electrons. The third-order valence-electron chi connectivity index (χ3n) is 8.44. The van der Waals surface area contributed by atoms with E-state index in [0.717, 1.165) is 0 Å². The van der Waals surface area contributed by atoms with Crippen LogP contribution in [0.2, 0.25) is 0 Å². The maximum atomic E-state index is 13.9. The molecule has 3 aliphatic rings. The van der Waals surface area contributed by atoms with Gasteiger partial charge in [0.2, 0.25) is 21.8 Å². The standard InChI is InChI=1S/C29H48N4O8S/c1-9-15-40-20(4)16-18(2)22(30-26(37)41-27(5,6)7)24(35)33-14-10-11-21(33)23(34)31-29(17-19(29)3)25(36)32-42(38,39)28(8)12-13-28/h9,18-22H,1,10-17H2,2-8H3,(H,30,37)(H,31,34)(H,32,36). The lowest BCUT2D eigenvalue weighted by Crippen LogP contribution is -2.59. The second-order valence-electron chi connectivity index (χ2n) is 13.4. The summed E-state index contributed by atoms with van der Waals surface area (Å²) in [5, 5.41) is 5.49. The van der Waals surface area contributed by atoms with Gasteiger partial charge in [-0.1, -0.05) is 19.9 Å². The first-order valence-electron chi connectivity index (χ1n) is 14.8. The number of amides is 4. The number of hydrogen-bond donors (Lipinski definition) is 3. The first kappa shape index (κ1) is 33.8. The van der Waals surface area contributed by atoms with Gasteiger partial charge in [0, 0.05) is 6.54 Å². The van der Waals surface area contributed by atoms with E-state index in [9.17, 15) is 27.6 Å². The minimum atomic E-state index is -3.88. The Morgan fingerprint density at radius 3 is 2.31 bits per heavy atom. The molecule has 1 aliphatic heterocycles. The molecule has 0 aromatic carbocycles. The summed E-state index contributed by atoms with van der Waals surface area (Å²) in [4.78, 5) is 54.8. The second-order valence-corrected chi connectivity index (χ2v) is 15.6. The fourth-order valence-corrected chi connectivity index (χ4v) is 6.69. The average Bonchev–Trinajstić information content (AvgIpc) is 3.70. The number of hydrogen-bond acceptors (Lipinski definition) is 8. The molecule has 13 heteroatoms. The summed E-state index contributed by atoms with van der Waals surface area (Å²) in [6.45, 7) is 16.5. The highest BCUT2D eigenvalue weighted by atomic mass is 32.2. The van der Waals surface area contributed by atoms with Gasteiger partial charge in [0.15, 0.2) is 0 Å². The number of rotatable bonds is 13. The Morgan fingerprint density at radius 2 is 1.79 bits per heavy atom. The summed E-state index contributed by atoms with van der Waals surface area (Å²) in [6, 6.07) is -1.87. The second kappa shape index (κ2) is 12.5. The molecule has 0 aromatic rings. The van der Waals surface area contributed by atoms with Crippen molar-refractivity contribution in [2.45, 2.75) is 121 Å². The molecule has 3 fully saturated rings. The topological polar surface area (TPSA) is 160 Å². The molecule has 3 rings (SSSR count). The third kappa shape index (κ3) is 7.83. The van der Waals surface area contributed by atoms with E-state index < -0.39 is 61.8 Å². The summed E-state index contributed by atoms with van der Waals surface area (Å²) in [5.41, 5.74) is -2.14. The molecule has 4 amide bonds. The van der Waals surface area contributed by atoms with Gasteiger partial charge >= 0.3 is 6.09 Å². The number of carbonyl (C=O) groups is 4. The van der Waals surface area contributed by atoms with Gasteiger partial charge in [0.1, 0.15) is 23.2 Å². The van der Waals surface area contributed by atoms with E-state index in [0.29, 0.717) is 51.7 Å². The molecular formula is C29H48N4O8S. The van der Waals surface area contributed by atoms with Crippen LogP contribution in [0, 0.1) is 11.8 Å². The lowest BCUT2D eigenvalue weighted by Gasteiger charge is -2.33. The molecule has 1 heterocycles. The van der Waals surface area contributed by atoms with Gasteiger partial charge in [-0.2, -0.15) is 0 Å². The number of sulfonamides is 1. The van der Waals surface area contributed by atoms with Crippen molar-refractivity contribution in [3.8, 4) is 0 Å². The molecule has 0 spiro atoms. The third-order valence-corrected chi connectivity index (χ3v) is 10.6. The Morgan fingerprint density at radius 1 is 1.17 bits per heavy atom. The summed E-state index contributed by atoms with van der Waals surface area (Å²) in [5.74, 6) is -2.36. The number of likely N-dealkylation sites (tertiary alicyclic amines) is 1. The maximum absolute atomic E-state index is 13.9. The van der Waals surface area contributed by atoms with Gasteiger partial charge in [-0.3, -0.25) is 19.1 Å². The van der Waals surface area contributed by atoms with Crippen molar-refractivity contribution in [3.05, 3.63) is 12.7 Å². The monoisotopic (exact) mass is 612 g/mol. The number of nitrogens with zero attached hydrogens (tertiary/aromatic N) is 1. The van der Waals surface area contributed by atoms with Crippen molar-refractivity contribution in [2.75, 3.05) is 13.2 Å². The van der Waals surface area contributed by atoms with Crippen LogP contribution in [0.5, 0.6) is 0 Å². The van der Waals surface area contributed by atoms with E-state index in [1.54, 1.807) is 40.7 Å². The summed E-state index contributed by atoms with van der Waals surface area (Å²) in [7, 11) is -3.88. The molecule has 6 atom stereocenters. The highest BCUT2D eigenvalue weighted by Gasteiger charge is 2.62. The van der Waals surface area contributed by atoms with Crippen molar-refractivity contribution in [2.24, 2.45) is 11.8 Å². The largest absolute Gasteiger partial charge is 0.444 e. The zero-order chi connectivity index (χ0) is 31.7. The van der Waals surface area contributed by atoms with Crippen LogP contribution in [0.3, 0.4) is 0 Å². The van der Waals surface area contributed by atoms with Crippen molar-refractivity contribution in [1.82, 2.24) is 20.3 Å². The highest BCUT2D eigenvalue weighted by molar-refractivity contribution is 7.91. The average molecular weight is 613 g/mol. The first-order valence-corrected chi connectivity index (χ1v) is 16.3. The van der Waals surface area contributed by atoms with E-state index in [4.69, 9.17) is 9.47 Å². The van der Waals surface area contributed by atoms with Crippen LogP contribution in [0.15, 0.2) is 12.7 Å². The van der Waals surface area contributed by atoms with Crippen molar-refractivity contribution in [1.29, 1.82) is 0 Å². The molecule has 2 aliphatic carbocycles. The van der Waals surface area contributed by atoms with Crippen LogP contribution >= 0.6 is 0 Å². The molecule has 42 heavy (non-hydrogen) atoms. The van der Waals surface area contributed by atoms with Crippen LogP contribution in [0.1, 0.15) is 87.0 Å². The lowest BCUT2D eigenvalue weighted by molar-refractivity contribution is -0.142. The first-order chi connectivity index (χ1) is 19.4. The van der Waals surface area contributed by atoms with E-state index in [2.05, 4.69) is 21.9 Å². The van der Waals surface area contributed by atoms with Gasteiger partial charge in [-0.05, 0) is 85.0 Å². The number of alkyl carbamates (subject to hydrolysis) is 1. The van der Waals surface area contributed by atoms with Gasteiger partial charge in [0.05, 0.1) is 17.5 Å². The molecule has 0 aromatic heterocycles. The number of ether oxygens (including phenoxy) is 2. The Labute approximate surface area is 249 Å². The zero-order valence-corrected chi connectivity index (χ0v) is 26.8. The molecule has 0 bridgehead atoms. The number of nitrogens with one attached hydrogen (secondary N) is 3. The van der Waals surface area contributed by atoms with Crippen LogP contribution in [-0.4, -0.2) is 84.4 Å². The normalized spacial score (nSPS) is 26.8. The summed E-state index contributed by atoms with van der Waals surface area (Å²) < 4.78 is 37.7. The van der Waals surface area contributed by atoms with Crippen molar-refractivity contribution in [3.63, 3.8) is 0 Å². The molecule has 0 radical (unpaired) electrons. The fourth-order valence-electron chi connectivity index (χ4n) is 5.38. The molecule has 3 N–H and O–H groups in total. The van der Waals surface area contributed by atoms with E-state index >= 15 is 0 Å². The Kier molecular flexibility index (Phi) is 10.1. The van der Waals surface area contributed by atoms with Gasteiger partial charge in [-0.15, -0.1) is 6.58 Å². The van der Waals surface area contributed by atoms with E-state index in [-0.39, 0.29) is 17.9 Å². The van der Waals surface area contributed by atoms with Gasteiger partial charge in [0.25, 0.3) is 5.91 Å². The van der Waals surface area contributed by atoms with E-state index in [1.807, 2.05) is 13.8 Å². The predicted octanol–water partition coefficient (Wildman–Crippen LogP) is 2.38. The van der Waals surface area contributed by atoms with Crippen LogP contribution in [-0.2, 0) is 33.9 Å². The molecule has 2 saturated carbocycles. The molecular weight excluding hydrogens is 564 g/mol. The Hall–Kier alpha value is -2.67.